The molecule has 1 rings (SSSR count). The van der Waals surface area contributed by atoms with Crippen molar-refractivity contribution in [2.24, 2.45) is 33.8 Å². The Morgan fingerprint density at radius 1 is 1.05 bits per heavy atom. The first-order valence-electron chi connectivity index (χ1n) is 12.7. The van der Waals surface area contributed by atoms with Gasteiger partial charge in [-0.3, -0.25) is 29.0 Å². The van der Waals surface area contributed by atoms with Gasteiger partial charge in [-0.15, -0.1) is 0 Å². The summed E-state index contributed by atoms with van der Waals surface area (Å²) in [6.07, 6.45) is 1.30. The molecule has 0 saturated carbocycles. The molecule has 0 radical (unpaired) electrons. The molecule has 220 valence electrons. The van der Waals surface area contributed by atoms with Crippen molar-refractivity contribution in [2.75, 3.05) is 19.6 Å². The van der Waals surface area contributed by atoms with E-state index in [1.54, 1.807) is 13.8 Å². The van der Waals surface area contributed by atoms with E-state index in [0.29, 0.717) is 25.8 Å². The number of hydrogen-bond acceptors (Lipinski definition) is 8. The van der Waals surface area contributed by atoms with Crippen molar-refractivity contribution >= 4 is 41.5 Å². The summed E-state index contributed by atoms with van der Waals surface area (Å²) in [7, 11) is 0. The van der Waals surface area contributed by atoms with E-state index in [9.17, 15) is 33.9 Å². The molecular formula is C23H41N9O7. The van der Waals surface area contributed by atoms with Gasteiger partial charge in [-0.2, -0.15) is 0 Å². The quantitative estimate of drug-likeness (QED) is 0.0527. The third-order valence-electron chi connectivity index (χ3n) is 6.11. The lowest BCUT2D eigenvalue weighted by molar-refractivity contribution is -0.143. The first kappa shape index (κ1) is 33.1. The van der Waals surface area contributed by atoms with Crippen LogP contribution in [0.2, 0.25) is 0 Å². The molecule has 1 aliphatic heterocycles. The number of carboxylic acids is 1. The van der Waals surface area contributed by atoms with E-state index in [2.05, 4.69) is 20.9 Å². The third-order valence-corrected chi connectivity index (χ3v) is 6.11. The zero-order valence-electron chi connectivity index (χ0n) is 22.4. The summed E-state index contributed by atoms with van der Waals surface area (Å²) >= 11 is 0. The number of aliphatic carboxylic acids is 1. The summed E-state index contributed by atoms with van der Waals surface area (Å²) < 4.78 is 0. The molecule has 0 aromatic heterocycles. The maximum atomic E-state index is 12.8. The van der Waals surface area contributed by atoms with Crippen LogP contribution < -0.4 is 38.9 Å². The van der Waals surface area contributed by atoms with Gasteiger partial charge in [0.15, 0.2) is 5.96 Å². The van der Waals surface area contributed by atoms with Gasteiger partial charge in [-0.25, -0.2) is 4.79 Å². The highest BCUT2D eigenvalue weighted by Gasteiger charge is 2.36. The lowest BCUT2D eigenvalue weighted by Gasteiger charge is -2.27. The molecule has 5 amide bonds. The fraction of sp³-hybridized carbons (Fsp3) is 0.696. The van der Waals surface area contributed by atoms with Crippen LogP contribution in [0.1, 0.15) is 52.4 Å². The summed E-state index contributed by atoms with van der Waals surface area (Å²) in [6, 6.07) is -4.12. The van der Waals surface area contributed by atoms with Crippen molar-refractivity contribution < 1.29 is 33.9 Å². The van der Waals surface area contributed by atoms with Gasteiger partial charge in [0.25, 0.3) is 0 Å². The molecule has 39 heavy (non-hydrogen) atoms. The third kappa shape index (κ3) is 11.5. The molecule has 16 nitrogen and oxygen atoms in total. The van der Waals surface area contributed by atoms with E-state index in [4.69, 9.17) is 22.9 Å². The van der Waals surface area contributed by atoms with Gasteiger partial charge in [-0.05, 0) is 38.0 Å². The molecule has 0 aromatic rings. The summed E-state index contributed by atoms with van der Waals surface area (Å²) in [5.41, 5.74) is 21.6. The zero-order chi connectivity index (χ0) is 29.7. The predicted octanol–water partition coefficient (Wildman–Crippen LogP) is -3.55. The molecule has 16 heteroatoms. The standard InChI is InChI=1S/C23H41N9O7/c1-12(2)18(22(38)39)31-19(35)14(5-3-9-28-23(26)27)30-17(34)11-29-20(36)15-6-4-10-32(15)21(37)13(24)7-8-16(25)33/h12-15,18H,3-11,24H2,1-2H3,(H2,25,33)(H,29,36)(H,30,34)(H,31,35)(H,38,39)(H4,26,27,28)/t13-,14-,15-,18-/m0/s1. The van der Waals surface area contributed by atoms with E-state index in [1.165, 1.54) is 4.90 Å². The van der Waals surface area contributed by atoms with Crippen LogP contribution in [0, 0.1) is 5.92 Å². The molecule has 1 fully saturated rings. The Morgan fingerprint density at radius 2 is 1.72 bits per heavy atom. The number of hydrogen-bond donors (Lipinski definition) is 8. The van der Waals surface area contributed by atoms with Crippen molar-refractivity contribution in [3.05, 3.63) is 0 Å². The zero-order valence-corrected chi connectivity index (χ0v) is 22.4. The number of nitrogens with two attached hydrogens (primary N) is 4. The number of carbonyl (C=O) groups is 6. The number of nitrogens with zero attached hydrogens (tertiary/aromatic N) is 2. The van der Waals surface area contributed by atoms with Crippen molar-refractivity contribution in [1.29, 1.82) is 0 Å². The topological polar surface area (TPSA) is 278 Å². The Bertz CT molecular complexity index is 937. The number of aliphatic imine (C=N–C) groups is 1. The summed E-state index contributed by atoms with van der Waals surface area (Å²) in [4.78, 5) is 78.4. The smallest absolute Gasteiger partial charge is 0.326 e. The second kappa shape index (κ2) is 16.1. The van der Waals surface area contributed by atoms with Crippen molar-refractivity contribution in [1.82, 2.24) is 20.9 Å². The summed E-state index contributed by atoms with van der Waals surface area (Å²) in [6.45, 7) is 3.24. The average molecular weight is 556 g/mol. The SMILES string of the molecule is CC(C)[C@H](NC(=O)[C@H](CCCN=C(N)N)NC(=O)CNC(=O)[C@@H]1CCCN1C(=O)[C@@H](N)CCC(N)=O)C(=O)O. The number of amides is 5. The minimum Gasteiger partial charge on any atom is -0.480 e. The molecule has 12 N–H and O–H groups in total. The number of rotatable bonds is 16. The highest BCUT2D eigenvalue weighted by molar-refractivity contribution is 5.94. The van der Waals surface area contributed by atoms with Crippen molar-refractivity contribution in [3.63, 3.8) is 0 Å². The minimum atomic E-state index is -1.22. The Morgan fingerprint density at radius 3 is 2.28 bits per heavy atom. The van der Waals surface area contributed by atoms with Crippen LogP contribution >= 0.6 is 0 Å². The molecule has 0 spiro atoms. The number of primary amides is 1. The van der Waals surface area contributed by atoms with Gasteiger partial charge in [0.05, 0.1) is 12.6 Å². The van der Waals surface area contributed by atoms with Gasteiger partial charge in [0, 0.05) is 19.5 Å². The Labute approximate surface area is 226 Å². The number of likely N-dealkylation sites (tertiary alicyclic amines) is 1. The Balaban J connectivity index is 2.78. The van der Waals surface area contributed by atoms with Gasteiger partial charge in [-0.1, -0.05) is 13.8 Å². The molecular weight excluding hydrogens is 514 g/mol. The van der Waals surface area contributed by atoms with Gasteiger partial charge >= 0.3 is 5.97 Å². The maximum Gasteiger partial charge on any atom is 0.326 e. The number of carbonyl (C=O) groups excluding carboxylic acids is 5. The lowest BCUT2D eigenvalue weighted by atomic mass is 10.0. The number of nitrogens with one attached hydrogen (secondary N) is 3. The van der Waals surface area contributed by atoms with Gasteiger partial charge in [0.2, 0.25) is 29.5 Å². The molecule has 1 aliphatic rings. The fourth-order valence-corrected chi connectivity index (χ4v) is 4.01. The van der Waals surface area contributed by atoms with E-state index in [-0.39, 0.29) is 31.8 Å². The van der Waals surface area contributed by atoms with Crippen molar-refractivity contribution in [3.8, 4) is 0 Å². The molecule has 0 bridgehead atoms. The largest absolute Gasteiger partial charge is 0.480 e. The Kier molecular flexibility index (Phi) is 13.7. The van der Waals surface area contributed by atoms with E-state index < -0.39 is 72.1 Å². The second-order valence-electron chi connectivity index (χ2n) is 9.66. The van der Waals surface area contributed by atoms with Crippen LogP contribution in [0.15, 0.2) is 4.99 Å². The van der Waals surface area contributed by atoms with E-state index in [0.717, 1.165) is 0 Å². The van der Waals surface area contributed by atoms with Crippen LogP contribution in [-0.4, -0.2) is 95.3 Å². The molecule has 0 aromatic carbocycles. The first-order chi connectivity index (χ1) is 18.2. The molecule has 0 aliphatic carbocycles. The van der Waals surface area contributed by atoms with E-state index in [1.807, 2.05) is 0 Å². The minimum absolute atomic E-state index is 0.0492. The normalized spacial score (nSPS) is 17.0. The van der Waals surface area contributed by atoms with Crippen LogP contribution in [-0.2, 0) is 28.8 Å². The van der Waals surface area contributed by atoms with Crippen LogP contribution in [0.3, 0.4) is 0 Å². The number of guanidine groups is 1. The van der Waals surface area contributed by atoms with Crippen LogP contribution in [0.25, 0.3) is 0 Å². The van der Waals surface area contributed by atoms with Gasteiger partial charge < -0.3 is 48.9 Å². The highest BCUT2D eigenvalue weighted by Crippen LogP contribution is 2.19. The van der Waals surface area contributed by atoms with Crippen molar-refractivity contribution in [2.45, 2.75) is 76.5 Å². The lowest BCUT2D eigenvalue weighted by Crippen LogP contribution is -2.55. The van der Waals surface area contributed by atoms with Crippen LogP contribution in [0.4, 0.5) is 0 Å². The average Bonchev–Trinajstić information content (AvgIpc) is 3.34. The van der Waals surface area contributed by atoms with Crippen LogP contribution in [0.5, 0.6) is 0 Å². The first-order valence-corrected chi connectivity index (χ1v) is 12.7. The monoisotopic (exact) mass is 555 g/mol. The fourth-order valence-electron chi connectivity index (χ4n) is 4.01. The number of carboxylic acid groups (broad SMARTS) is 1. The second-order valence-corrected chi connectivity index (χ2v) is 9.66. The molecule has 0 unspecified atom stereocenters. The van der Waals surface area contributed by atoms with E-state index >= 15 is 0 Å². The summed E-state index contributed by atoms with van der Waals surface area (Å²) in [5.74, 6) is -4.83. The summed E-state index contributed by atoms with van der Waals surface area (Å²) in [5, 5.41) is 16.8. The molecule has 1 heterocycles. The van der Waals surface area contributed by atoms with Gasteiger partial charge in [0.1, 0.15) is 18.1 Å². The predicted molar refractivity (Wildman–Crippen MR) is 140 cm³/mol. The molecule has 1 saturated heterocycles. The highest BCUT2D eigenvalue weighted by atomic mass is 16.4. The Hall–Kier alpha value is -3.95. The molecule has 4 atom stereocenters. The maximum absolute atomic E-state index is 12.8.